The van der Waals surface area contributed by atoms with Crippen molar-refractivity contribution >= 4 is 17.9 Å². The second-order valence-electron chi connectivity index (χ2n) is 6.16. The van der Waals surface area contributed by atoms with Gasteiger partial charge in [0.15, 0.2) is 0 Å². The van der Waals surface area contributed by atoms with Gasteiger partial charge in [0.05, 0.1) is 22.9 Å². The normalized spacial score (nSPS) is 26.7. The maximum atomic E-state index is 13.4. The van der Waals surface area contributed by atoms with Gasteiger partial charge in [-0.3, -0.25) is 14.3 Å². The Kier molecular flexibility index (Phi) is 5.48. The van der Waals surface area contributed by atoms with Gasteiger partial charge in [-0.2, -0.15) is 4.39 Å². The molecule has 0 spiro atoms. The van der Waals surface area contributed by atoms with E-state index in [1.807, 2.05) is 4.98 Å². The highest BCUT2D eigenvalue weighted by atomic mass is 32.2. The van der Waals surface area contributed by atoms with E-state index < -0.39 is 39.9 Å². The predicted molar refractivity (Wildman–Crippen MR) is 87.0 cm³/mol. The first-order valence-electron chi connectivity index (χ1n) is 8.12. The molecule has 2 N–H and O–H groups in total. The molecule has 0 unspecified atom stereocenters. The van der Waals surface area contributed by atoms with Gasteiger partial charge in [0.25, 0.3) is 5.56 Å². The first-order valence-corrected chi connectivity index (χ1v) is 9.06. The van der Waals surface area contributed by atoms with Crippen LogP contribution in [0.15, 0.2) is 15.8 Å². The highest BCUT2D eigenvalue weighted by molar-refractivity contribution is 8.00. The number of aromatic nitrogens is 2. The SMILES string of the molecule is O=C(OC[C@H]1S[C@@H](n2cc(F)c(=O)[nH]c2=O)C[C@@H]1O)OC1CCCC1. The smallest absolute Gasteiger partial charge is 0.433 e. The van der Waals surface area contributed by atoms with E-state index in [1.165, 1.54) is 11.8 Å². The number of carbonyl (C=O) groups is 1. The maximum absolute atomic E-state index is 13.4. The summed E-state index contributed by atoms with van der Waals surface area (Å²) in [5, 5.41) is 9.07. The highest BCUT2D eigenvalue weighted by Gasteiger charge is 2.36. The third kappa shape index (κ3) is 4.24. The minimum atomic E-state index is -1.08. The minimum absolute atomic E-state index is 0.0749. The lowest BCUT2D eigenvalue weighted by Gasteiger charge is -2.16. The zero-order valence-corrected chi connectivity index (χ0v) is 14.2. The van der Waals surface area contributed by atoms with Crippen LogP contribution >= 0.6 is 11.8 Å². The minimum Gasteiger partial charge on any atom is -0.433 e. The predicted octanol–water partition coefficient (Wildman–Crippen LogP) is 1.14. The van der Waals surface area contributed by atoms with E-state index in [-0.39, 0.29) is 19.1 Å². The summed E-state index contributed by atoms with van der Waals surface area (Å²) in [4.78, 5) is 36.4. The van der Waals surface area contributed by atoms with Crippen LogP contribution in [0.4, 0.5) is 9.18 Å². The summed E-state index contributed by atoms with van der Waals surface area (Å²) in [7, 11) is 0. The molecule has 0 aromatic carbocycles. The lowest BCUT2D eigenvalue weighted by Crippen LogP contribution is -2.32. The number of halogens is 1. The average molecular weight is 374 g/mol. The van der Waals surface area contributed by atoms with Crippen molar-refractivity contribution in [3.05, 3.63) is 32.9 Å². The average Bonchev–Trinajstić information content (AvgIpc) is 3.18. The van der Waals surface area contributed by atoms with Crippen molar-refractivity contribution < 1.29 is 23.8 Å². The van der Waals surface area contributed by atoms with Gasteiger partial charge < -0.3 is 14.6 Å². The van der Waals surface area contributed by atoms with Crippen LogP contribution in [-0.4, -0.2) is 44.9 Å². The molecule has 1 aromatic heterocycles. The van der Waals surface area contributed by atoms with E-state index in [0.29, 0.717) is 0 Å². The summed E-state index contributed by atoms with van der Waals surface area (Å²) < 4.78 is 24.6. The molecule has 1 aliphatic carbocycles. The maximum Gasteiger partial charge on any atom is 0.508 e. The first-order chi connectivity index (χ1) is 11.9. The fourth-order valence-electron chi connectivity index (χ4n) is 3.04. The molecule has 8 nitrogen and oxygen atoms in total. The quantitative estimate of drug-likeness (QED) is 0.760. The van der Waals surface area contributed by atoms with Gasteiger partial charge in [-0.1, -0.05) is 0 Å². The van der Waals surface area contributed by atoms with Crippen LogP contribution in [0, 0.1) is 5.82 Å². The van der Waals surface area contributed by atoms with E-state index in [0.717, 1.165) is 36.4 Å². The zero-order chi connectivity index (χ0) is 18.0. The number of aliphatic hydroxyl groups excluding tert-OH is 1. The molecule has 2 fully saturated rings. The summed E-state index contributed by atoms with van der Waals surface area (Å²) in [6, 6.07) is 0. The van der Waals surface area contributed by atoms with Crippen molar-refractivity contribution in [2.24, 2.45) is 0 Å². The van der Waals surface area contributed by atoms with Gasteiger partial charge in [-0.15, -0.1) is 11.8 Å². The molecule has 0 amide bonds. The van der Waals surface area contributed by atoms with Crippen molar-refractivity contribution in [1.29, 1.82) is 0 Å². The van der Waals surface area contributed by atoms with Crippen LogP contribution in [-0.2, 0) is 9.47 Å². The van der Waals surface area contributed by atoms with Gasteiger partial charge in [-0.05, 0) is 25.7 Å². The van der Waals surface area contributed by atoms with Crippen LogP contribution in [0.25, 0.3) is 0 Å². The second-order valence-corrected chi connectivity index (χ2v) is 7.58. The lowest BCUT2D eigenvalue weighted by atomic mass is 10.2. The Morgan fingerprint density at radius 2 is 2.12 bits per heavy atom. The van der Waals surface area contributed by atoms with Gasteiger partial charge in [0.2, 0.25) is 5.82 Å². The number of aromatic amines is 1. The number of hydrogen-bond acceptors (Lipinski definition) is 7. The summed E-state index contributed by atoms with van der Waals surface area (Å²) in [5.41, 5.74) is -1.84. The van der Waals surface area contributed by atoms with Crippen LogP contribution in [0.3, 0.4) is 0 Å². The largest absolute Gasteiger partial charge is 0.508 e. The van der Waals surface area contributed by atoms with Crippen LogP contribution < -0.4 is 11.2 Å². The Bertz CT molecular complexity index is 744. The Hall–Kier alpha value is -1.81. The molecule has 1 saturated heterocycles. The number of H-pyrrole nitrogens is 1. The molecule has 1 saturated carbocycles. The van der Waals surface area contributed by atoms with E-state index >= 15 is 0 Å². The number of hydrogen-bond donors (Lipinski definition) is 2. The number of aliphatic hydroxyl groups is 1. The summed E-state index contributed by atoms with van der Waals surface area (Å²) in [5.74, 6) is -1.07. The fourth-order valence-corrected chi connectivity index (χ4v) is 4.48. The molecule has 25 heavy (non-hydrogen) atoms. The van der Waals surface area contributed by atoms with Crippen LogP contribution in [0.5, 0.6) is 0 Å². The molecule has 10 heteroatoms. The van der Waals surface area contributed by atoms with Crippen LogP contribution in [0.2, 0.25) is 0 Å². The Morgan fingerprint density at radius 1 is 1.40 bits per heavy atom. The van der Waals surface area contributed by atoms with Crippen molar-refractivity contribution in [3.8, 4) is 0 Å². The summed E-state index contributed by atoms with van der Waals surface area (Å²) in [6.07, 6.45) is 3.00. The molecular weight excluding hydrogens is 355 g/mol. The van der Waals surface area contributed by atoms with Gasteiger partial charge >= 0.3 is 11.8 Å². The third-order valence-corrected chi connectivity index (χ3v) is 5.90. The molecule has 1 aliphatic heterocycles. The Morgan fingerprint density at radius 3 is 2.84 bits per heavy atom. The Labute approximate surface area is 146 Å². The fraction of sp³-hybridized carbons (Fsp3) is 0.667. The molecule has 2 aliphatic rings. The molecular formula is C15H19FN2O6S. The standard InChI is InChI=1S/C15H19FN2O6S/c16-9-6-18(14(21)17-13(9)20)12-5-10(19)11(25-12)7-23-15(22)24-8-3-1-2-4-8/h6,8,10-12,19H,1-5,7H2,(H,17,20,21)/t10-,11+,12+/m0/s1. The summed E-state index contributed by atoms with van der Waals surface area (Å²) in [6.45, 7) is -0.0749. The lowest BCUT2D eigenvalue weighted by molar-refractivity contribution is 0.0199. The second kappa shape index (κ2) is 7.61. The van der Waals surface area contributed by atoms with E-state index in [4.69, 9.17) is 9.47 Å². The zero-order valence-electron chi connectivity index (χ0n) is 13.4. The molecule has 1 aromatic rings. The number of rotatable bonds is 4. The number of ether oxygens (including phenoxy) is 2. The summed E-state index contributed by atoms with van der Waals surface area (Å²) >= 11 is 1.18. The molecule has 138 valence electrons. The number of thioether (sulfide) groups is 1. The topological polar surface area (TPSA) is 111 Å². The highest BCUT2D eigenvalue weighted by Crippen LogP contribution is 2.41. The van der Waals surface area contributed by atoms with E-state index in [1.54, 1.807) is 0 Å². The molecule has 0 bridgehead atoms. The molecule has 2 heterocycles. The molecule has 3 atom stereocenters. The van der Waals surface area contributed by atoms with Crippen molar-refractivity contribution in [2.45, 2.75) is 54.9 Å². The van der Waals surface area contributed by atoms with Crippen molar-refractivity contribution in [1.82, 2.24) is 9.55 Å². The van der Waals surface area contributed by atoms with E-state index in [2.05, 4.69) is 0 Å². The van der Waals surface area contributed by atoms with Crippen molar-refractivity contribution in [3.63, 3.8) is 0 Å². The van der Waals surface area contributed by atoms with E-state index in [9.17, 15) is 23.9 Å². The van der Waals surface area contributed by atoms with Crippen molar-refractivity contribution in [2.75, 3.05) is 6.61 Å². The van der Waals surface area contributed by atoms with Crippen LogP contribution in [0.1, 0.15) is 37.5 Å². The number of nitrogens with zero attached hydrogens (tertiary/aromatic N) is 1. The monoisotopic (exact) mass is 374 g/mol. The van der Waals surface area contributed by atoms with Gasteiger partial charge in [-0.25, -0.2) is 9.59 Å². The third-order valence-electron chi connectivity index (χ3n) is 4.37. The molecule has 0 radical (unpaired) electrons. The van der Waals surface area contributed by atoms with Gasteiger partial charge in [0.1, 0.15) is 12.7 Å². The Balaban J connectivity index is 1.56. The van der Waals surface area contributed by atoms with Gasteiger partial charge in [0, 0.05) is 6.42 Å². The number of carbonyl (C=O) groups excluding carboxylic acids is 1. The number of nitrogens with one attached hydrogen (secondary N) is 1. The first kappa shape index (κ1) is 18.0. The molecule has 3 rings (SSSR count).